The van der Waals surface area contributed by atoms with Gasteiger partial charge in [-0.25, -0.2) is 4.79 Å². The minimum Gasteiger partial charge on any atom is -0.495 e. The Morgan fingerprint density at radius 3 is 3.00 bits per heavy atom. The van der Waals surface area contributed by atoms with E-state index in [0.717, 1.165) is 0 Å². The summed E-state index contributed by atoms with van der Waals surface area (Å²) in [7, 11) is 1.47. The highest BCUT2D eigenvalue weighted by molar-refractivity contribution is 5.72. The highest BCUT2D eigenvalue weighted by Gasteiger charge is 2.16. The Labute approximate surface area is 81.0 Å². The molecule has 2 N–H and O–H groups in total. The van der Waals surface area contributed by atoms with Crippen molar-refractivity contribution in [2.24, 2.45) is 0 Å². The monoisotopic (exact) mass is 197 g/mol. The summed E-state index contributed by atoms with van der Waals surface area (Å²) in [6.45, 7) is 0. The Morgan fingerprint density at radius 1 is 1.71 bits per heavy atom. The third kappa shape index (κ3) is 2.43. The number of nitrogens with zero attached hydrogens (tertiary/aromatic N) is 1. The van der Waals surface area contributed by atoms with Gasteiger partial charge in [0, 0.05) is 12.6 Å². The average molecular weight is 197 g/mol. The molecule has 1 heterocycles. The molecular formula is C9H11NO4. The second kappa shape index (κ2) is 4.57. The molecule has 1 atom stereocenters. The second-order valence-corrected chi connectivity index (χ2v) is 2.71. The molecule has 0 amide bonds. The lowest BCUT2D eigenvalue weighted by atomic mass is 10.1. The number of aromatic nitrogens is 1. The van der Waals surface area contributed by atoms with Crippen LogP contribution in [0.1, 0.15) is 5.69 Å². The maximum absolute atomic E-state index is 10.4. The number of aliphatic carboxylic acids is 1. The first-order valence-electron chi connectivity index (χ1n) is 4.04. The molecule has 0 spiro atoms. The van der Waals surface area contributed by atoms with Gasteiger partial charge in [-0.2, -0.15) is 0 Å². The van der Waals surface area contributed by atoms with Crippen LogP contribution in [-0.2, 0) is 11.2 Å². The number of hydrogen-bond acceptors (Lipinski definition) is 4. The number of carboxylic acid groups (broad SMARTS) is 1. The van der Waals surface area contributed by atoms with E-state index >= 15 is 0 Å². The summed E-state index contributed by atoms with van der Waals surface area (Å²) in [5, 5.41) is 17.6. The van der Waals surface area contributed by atoms with Gasteiger partial charge in [0.1, 0.15) is 5.75 Å². The van der Waals surface area contributed by atoms with Crippen LogP contribution in [0.5, 0.6) is 5.75 Å². The lowest BCUT2D eigenvalue weighted by molar-refractivity contribution is -0.146. The standard InChI is InChI=1S/C9H11NO4/c1-14-8-3-2-4-10-6(8)5-7(11)9(12)13/h2-4,7,11H,5H2,1H3,(H,12,13). The maximum Gasteiger partial charge on any atom is 0.332 e. The number of aliphatic hydroxyl groups is 1. The van der Waals surface area contributed by atoms with E-state index in [4.69, 9.17) is 14.9 Å². The van der Waals surface area contributed by atoms with Gasteiger partial charge in [-0.15, -0.1) is 0 Å². The predicted molar refractivity (Wildman–Crippen MR) is 48.1 cm³/mol. The van der Waals surface area contributed by atoms with E-state index in [1.165, 1.54) is 13.3 Å². The van der Waals surface area contributed by atoms with Gasteiger partial charge in [-0.1, -0.05) is 0 Å². The molecule has 0 bridgehead atoms. The number of aliphatic hydroxyl groups excluding tert-OH is 1. The van der Waals surface area contributed by atoms with Crippen molar-refractivity contribution in [1.82, 2.24) is 4.98 Å². The molecule has 1 unspecified atom stereocenters. The summed E-state index contributed by atoms with van der Waals surface area (Å²) in [5.41, 5.74) is 0.435. The number of carboxylic acids is 1. The number of methoxy groups -OCH3 is 1. The highest BCUT2D eigenvalue weighted by Crippen LogP contribution is 2.16. The normalized spacial score (nSPS) is 12.1. The Hall–Kier alpha value is -1.62. The molecule has 14 heavy (non-hydrogen) atoms. The van der Waals surface area contributed by atoms with Crippen molar-refractivity contribution in [2.75, 3.05) is 7.11 Å². The van der Waals surface area contributed by atoms with Crippen LogP contribution >= 0.6 is 0 Å². The Balaban J connectivity index is 2.80. The third-order valence-electron chi connectivity index (χ3n) is 1.74. The van der Waals surface area contributed by atoms with Crippen molar-refractivity contribution in [3.05, 3.63) is 24.0 Å². The molecular weight excluding hydrogens is 186 g/mol. The van der Waals surface area contributed by atoms with Crippen LogP contribution in [0.15, 0.2) is 18.3 Å². The average Bonchev–Trinajstić information content (AvgIpc) is 2.18. The fourth-order valence-corrected chi connectivity index (χ4v) is 1.03. The highest BCUT2D eigenvalue weighted by atomic mass is 16.5. The van der Waals surface area contributed by atoms with Crippen LogP contribution in [0.3, 0.4) is 0 Å². The molecule has 5 nitrogen and oxygen atoms in total. The van der Waals surface area contributed by atoms with Crippen molar-refractivity contribution in [3.8, 4) is 5.75 Å². The van der Waals surface area contributed by atoms with Crippen LogP contribution in [0.4, 0.5) is 0 Å². The molecule has 1 aromatic heterocycles. The van der Waals surface area contributed by atoms with Crippen LogP contribution in [-0.4, -0.2) is 34.4 Å². The van der Waals surface area contributed by atoms with E-state index in [1.807, 2.05) is 0 Å². The van der Waals surface area contributed by atoms with E-state index < -0.39 is 12.1 Å². The molecule has 5 heteroatoms. The smallest absolute Gasteiger partial charge is 0.332 e. The quantitative estimate of drug-likeness (QED) is 0.714. The Morgan fingerprint density at radius 2 is 2.43 bits per heavy atom. The summed E-state index contributed by atoms with van der Waals surface area (Å²) in [5.74, 6) is -0.787. The van der Waals surface area contributed by atoms with Crippen molar-refractivity contribution in [1.29, 1.82) is 0 Å². The van der Waals surface area contributed by atoms with Gasteiger partial charge in [0.25, 0.3) is 0 Å². The molecule has 0 aliphatic heterocycles. The topological polar surface area (TPSA) is 79.7 Å². The third-order valence-corrected chi connectivity index (χ3v) is 1.74. The first-order chi connectivity index (χ1) is 6.65. The molecule has 0 fully saturated rings. The Bertz CT molecular complexity index is 326. The van der Waals surface area contributed by atoms with E-state index in [2.05, 4.69) is 4.98 Å². The molecule has 0 aliphatic rings. The van der Waals surface area contributed by atoms with Crippen molar-refractivity contribution < 1.29 is 19.7 Å². The van der Waals surface area contributed by atoms with Gasteiger partial charge in [-0.05, 0) is 12.1 Å². The SMILES string of the molecule is COc1cccnc1CC(O)C(=O)O. The van der Waals surface area contributed by atoms with Gasteiger partial charge in [-0.3, -0.25) is 4.98 Å². The lowest BCUT2D eigenvalue weighted by Gasteiger charge is -2.08. The number of pyridine rings is 1. The summed E-state index contributed by atoms with van der Waals surface area (Å²) in [6.07, 6.45) is 0.0185. The van der Waals surface area contributed by atoms with Crippen LogP contribution in [0.2, 0.25) is 0 Å². The van der Waals surface area contributed by atoms with Crippen LogP contribution in [0, 0.1) is 0 Å². The van der Waals surface area contributed by atoms with Gasteiger partial charge in [0.2, 0.25) is 0 Å². The molecule has 0 aliphatic carbocycles. The molecule has 0 saturated carbocycles. The first kappa shape index (κ1) is 10.5. The number of hydrogen-bond donors (Lipinski definition) is 2. The van der Waals surface area contributed by atoms with Crippen molar-refractivity contribution >= 4 is 5.97 Å². The van der Waals surface area contributed by atoms with E-state index in [-0.39, 0.29) is 6.42 Å². The lowest BCUT2D eigenvalue weighted by Crippen LogP contribution is -2.22. The maximum atomic E-state index is 10.4. The van der Waals surface area contributed by atoms with Crippen LogP contribution < -0.4 is 4.74 Å². The summed E-state index contributed by atoms with van der Waals surface area (Å²) in [4.78, 5) is 14.3. The molecule has 1 aromatic rings. The zero-order chi connectivity index (χ0) is 10.6. The zero-order valence-electron chi connectivity index (χ0n) is 7.67. The molecule has 76 valence electrons. The van der Waals surface area contributed by atoms with Gasteiger partial charge < -0.3 is 14.9 Å². The summed E-state index contributed by atoms with van der Waals surface area (Å²) >= 11 is 0. The van der Waals surface area contributed by atoms with Crippen molar-refractivity contribution in [2.45, 2.75) is 12.5 Å². The fraction of sp³-hybridized carbons (Fsp3) is 0.333. The number of rotatable bonds is 4. The molecule has 0 saturated heterocycles. The number of ether oxygens (including phenoxy) is 1. The minimum atomic E-state index is -1.45. The molecule has 1 rings (SSSR count). The van der Waals surface area contributed by atoms with Gasteiger partial charge in [0.05, 0.1) is 12.8 Å². The summed E-state index contributed by atoms with van der Waals surface area (Å²) in [6, 6.07) is 3.34. The second-order valence-electron chi connectivity index (χ2n) is 2.71. The Kier molecular flexibility index (Phi) is 3.41. The van der Waals surface area contributed by atoms with Gasteiger partial charge in [0.15, 0.2) is 6.10 Å². The predicted octanol–water partition coefficient (Wildman–Crippen LogP) is 0.0782. The number of carbonyl (C=O) groups is 1. The molecule has 0 radical (unpaired) electrons. The van der Waals surface area contributed by atoms with Gasteiger partial charge >= 0.3 is 5.97 Å². The van der Waals surface area contributed by atoms with E-state index in [1.54, 1.807) is 12.1 Å². The first-order valence-corrected chi connectivity index (χ1v) is 4.04. The summed E-state index contributed by atoms with van der Waals surface area (Å²) < 4.78 is 4.96. The molecule has 0 aromatic carbocycles. The fourth-order valence-electron chi connectivity index (χ4n) is 1.03. The zero-order valence-corrected chi connectivity index (χ0v) is 7.67. The minimum absolute atomic E-state index is 0.0562. The van der Waals surface area contributed by atoms with Crippen molar-refractivity contribution in [3.63, 3.8) is 0 Å². The largest absolute Gasteiger partial charge is 0.495 e. The van der Waals surface area contributed by atoms with Crippen LogP contribution in [0.25, 0.3) is 0 Å². The van der Waals surface area contributed by atoms with E-state index in [0.29, 0.717) is 11.4 Å². The van der Waals surface area contributed by atoms with E-state index in [9.17, 15) is 4.79 Å².